The van der Waals surface area contributed by atoms with Crippen molar-refractivity contribution in [1.82, 2.24) is 4.57 Å². The smallest absolute Gasteiger partial charge is 0.0641 e. The molecule has 0 N–H and O–H groups in total. The molecule has 86 valence electrons. The average Bonchev–Trinajstić information content (AvgIpc) is 2.39. The van der Waals surface area contributed by atoms with Crippen LogP contribution in [0.15, 0.2) is 6.07 Å². The van der Waals surface area contributed by atoms with E-state index in [1.54, 1.807) is 7.11 Å². The van der Waals surface area contributed by atoms with E-state index in [0.717, 1.165) is 13.2 Å². The summed E-state index contributed by atoms with van der Waals surface area (Å²) in [7, 11) is 1.75. The number of hydrogen-bond acceptors (Lipinski definition) is 1. The van der Waals surface area contributed by atoms with Crippen molar-refractivity contribution in [3.05, 3.63) is 23.0 Å². The molecule has 0 bridgehead atoms. The molecule has 0 spiro atoms. The third-order valence-corrected chi connectivity index (χ3v) is 2.90. The second-order valence-corrected chi connectivity index (χ2v) is 5.18. The summed E-state index contributed by atoms with van der Waals surface area (Å²) < 4.78 is 7.47. The maximum atomic E-state index is 5.13. The van der Waals surface area contributed by atoms with Crippen LogP contribution in [-0.2, 0) is 16.7 Å². The topological polar surface area (TPSA) is 14.2 Å². The van der Waals surface area contributed by atoms with Gasteiger partial charge in [-0.2, -0.15) is 0 Å². The van der Waals surface area contributed by atoms with Crippen LogP contribution in [0.4, 0.5) is 0 Å². The van der Waals surface area contributed by atoms with E-state index in [1.165, 1.54) is 17.0 Å². The molecule has 0 aliphatic carbocycles. The van der Waals surface area contributed by atoms with Gasteiger partial charge in [0.05, 0.1) is 6.61 Å². The standard InChI is InChI=1S/C13H23NO/c1-10-9-12(13(3,4)5)11(2)14(10)7-8-15-6/h9H,7-8H2,1-6H3. The molecule has 0 saturated carbocycles. The summed E-state index contributed by atoms with van der Waals surface area (Å²) in [6, 6.07) is 2.30. The van der Waals surface area contributed by atoms with E-state index in [1.807, 2.05) is 0 Å². The lowest BCUT2D eigenvalue weighted by Gasteiger charge is -2.19. The average molecular weight is 209 g/mol. The van der Waals surface area contributed by atoms with E-state index < -0.39 is 0 Å². The van der Waals surface area contributed by atoms with Gasteiger partial charge in [0.2, 0.25) is 0 Å². The number of aromatic nitrogens is 1. The van der Waals surface area contributed by atoms with Gasteiger partial charge in [-0.05, 0) is 30.9 Å². The first kappa shape index (κ1) is 12.3. The number of aryl methyl sites for hydroxylation is 1. The second-order valence-electron chi connectivity index (χ2n) is 5.18. The number of ether oxygens (including phenoxy) is 1. The van der Waals surface area contributed by atoms with Crippen molar-refractivity contribution in [2.24, 2.45) is 0 Å². The molecule has 2 heteroatoms. The van der Waals surface area contributed by atoms with Crippen molar-refractivity contribution in [3.8, 4) is 0 Å². The Morgan fingerprint density at radius 3 is 2.27 bits per heavy atom. The predicted octanol–water partition coefficient (Wildman–Crippen LogP) is 3.05. The van der Waals surface area contributed by atoms with Crippen LogP contribution >= 0.6 is 0 Å². The summed E-state index contributed by atoms with van der Waals surface area (Å²) in [5, 5.41) is 0. The molecule has 0 fully saturated rings. The van der Waals surface area contributed by atoms with Gasteiger partial charge in [0.25, 0.3) is 0 Å². The zero-order chi connectivity index (χ0) is 11.6. The van der Waals surface area contributed by atoms with Gasteiger partial charge in [-0.3, -0.25) is 0 Å². The van der Waals surface area contributed by atoms with Gasteiger partial charge in [0.1, 0.15) is 0 Å². The Hall–Kier alpha value is -0.760. The molecule has 0 aliphatic heterocycles. The second kappa shape index (κ2) is 4.40. The summed E-state index contributed by atoms with van der Waals surface area (Å²) in [5.41, 5.74) is 4.37. The van der Waals surface area contributed by atoms with Crippen molar-refractivity contribution in [2.45, 2.75) is 46.6 Å². The van der Waals surface area contributed by atoms with E-state index in [0.29, 0.717) is 0 Å². The van der Waals surface area contributed by atoms with E-state index >= 15 is 0 Å². The predicted molar refractivity (Wildman–Crippen MR) is 64.5 cm³/mol. The molecule has 0 atom stereocenters. The van der Waals surface area contributed by atoms with Crippen LogP contribution in [0, 0.1) is 13.8 Å². The van der Waals surface area contributed by atoms with E-state index in [9.17, 15) is 0 Å². The van der Waals surface area contributed by atoms with Gasteiger partial charge in [-0.25, -0.2) is 0 Å². The molecule has 0 amide bonds. The fourth-order valence-electron chi connectivity index (χ4n) is 2.09. The fraction of sp³-hybridized carbons (Fsp3) is 0.692. The van der Waals surface area contributed by atoms with Crippen LogP contribution in [0.2, 0.25) is 0 Å². The van der Waals surface area contributed by atoms with E-state index in [2.05, 4.69) is 45.3 Å². The normalized spacial score (nSPS) is 12.1. The molecular weight excluding hydrogens is 186 g/mol. The summed E-state index contributed by atoms with van der Waals surface area (Å²) >= 11 is 0. The highest BCUT2D eigenvalue weighted by Gasteiger charge is 2.20. The van der Waals surface area contributed by atoms with E-state index in [-0.39, 0.29) is 5.41 Å². The van der Waals surface area contributed by atoms with Crippen LogP contribution < -0.4 is 0 Å². The zero-order valence-corrected chi connectivity index (χ0v) is 10.8. The highest BCUT2D eigenvalue weighted by molar-refractivity contribution is 5.32. The Kier molecular flexibility index (Phi) is 3.61. The number of nitrogens with zero attached hydrogens (tertiary/aromatic N) is 1. The monoisotopic (exact) mass is 209 g/mol. The summed E-state index contributed by atoms with van der Waals surface area (Å²) in [4.78, 5) is 0. The lowest BCUT2D eigenvalue weighted by molar-refractivity contribution is 0.186. The van der Waals surface area contributed by atoms with Gasteiger partial charge in [0.15, 0.2) is 0 Å². The third kappa shape index (κ3) is 2.63. The third-order valence-electron chi connectivity index (χ3n) is 2.90. The molecule has 1 rings (SSSR count). The highest BCUT2D eigenvalue weighted by Crippen LogP contribution is 2.28. The SMILES string of the molecule is COCCn1c(C)cc(C(C)(C)C)c1C. The fourth-order valence-corrected chi connectivity index (χ4v) is 2.09. The van der Waals surface area contributed by atoms with E-state index in [4.69, 9.17) is 4.74 Å². The van der Waals surface area contributed by atoms with Crippen LogP contribution in [0.3, 0.4) is 0 Å². The maximum absolute atomic E-state index is 5.13. The van der Waals surface area contributed by atoms with Crippen molar-refractivity contribution in [2.75, 3.05) is 13.7 Å². The summed E-state index contributed by atoms with van der Waals surface area (Å²) in [6.45, 7) is 12.9. The molecule has 1 aromatic rings. The van der Waals surface area contributed by atoms with Gasteiger partial charge < -0.3 is 9.30 Å². The molecule has 0 aromatic carbocycles. The van der Waals surface area contributed by atoms with Gasteiger partial charge in [0, 0.05) is 25.0 Å². The molecule has 0 unspecified atom stereocenters. The van der Waals surface area contributed by atoms with Crippen molar-refractivity contribution >= 4 is 0 Å². The quantitative estimate of drug-likeness (QED) is 0.746. The lowest BCUT2D eigenvalue weighted by atomic mass is 9.87. The highest BCUT2D eigenvalue weighted by atomic mass is 16.5. The minimum Gasteiger partial charge on any atom is -0.383 e. The molecule has 15 heavy (non-hydrogen) atoms. The summed E-state index contributed by atoms with van der Waals surface area (Å²) in [6.07, 6.45) is 0. The molecule has 1 heterocycles. The van der Waals surface area contributed by atoms with Gasteiger partial charge in [-0.15, -0.1) is 0 Å². The van der Waals surface area contributed by atoms with Crippen molar-refractivity contribution in [1.29, 1.82) is 0 Å². The van der Waals surface area contributed by atoms with Crippen molar-refractivity contribution < 1.29 is 4.74 Å². The Labute approximate surface area is 93.2 Å². The minimum atomic E-state index is 0.229. The van der Waals surface area contributed by atoms with Gasteiger partial charge in [-0.1, -0.05) is 20.8 Å². The number of hydrogen-bond donors (Lipinski definition) is 0. The van der Waals surface area contributed by atoms with Gasteiger partial charge >= 0.3 is 0 Å². The van der Waals surface area contributed by atoms with Crippen molar-refractivity contribution in [3.63, 3.8) is 0 Å². The molecule has 0 saturated heterocycles. The Morgan fingerprint density at radius 1 is 1.27 bits per heavy atom. The maximum Gasteiger partial charge on any atom is 0.0641 e. The number of rotatable bonds is 3. The first-order valence-corrected chi connectivity index (χ1v) is 5.54. The van der Waals surface area contributed by atoms with Crippen LogP contribution in [0.1, 0.15) is 37.7 Å². The zero-order valence-electron chi connectivity index (χ0n) is 10.8. The molecular formula is C13H23NO. The van der Waals surface area contributed by atoms with Crippen LogP contribution in [0.25, 0.3) is 0 Å². The molecule has 0 radical (unpaired) electrons. The molecule has 0 aliphatic rings. The molecule has 1 aromatic heterocycles. The molecule has 2 nitrogen and oxygen atoms in total. The summed E-state index contributed by atoms with van der Waals surface area (Å²) in [5.74, 6) is 0. The lowest BCUT2D eigenvalue weighted by Crippen LogP contribution is -2.13. The Balaban J connectivity index is 3.04. The Morgan fingerprint density at radius 2 is 1.87 bits per heavy atom. The van der Waals surface area contributed by atoms with Crippen LogP contribution in [0.5, 0.6) is 0 Å². The minimum absolute atomic E-state index is 0.229. The first-order valence-electron chi connectivity index (χ1n) is 5.54. The number of methoxy groups -OCH3 is 1. The largest absolute Gasteiger partial charge is 0.383 e. The van der Waals surface area contributed by atoms with Crippen LogP contribution in [-0.4, -0.2) is 18.3 Å². The Bertz CT molecular complexity index is 331. The first-order chi connectivity index (χ1) is 6.88.